The molecule has 5 unspecified atom stereocenters. The summed E-state index contributed by atoms with van der Waals surface area (Å²) in [6.07, 6.45) is -7.14. The summed E-state index contributed by atoms with van der Waals surface area (Å²) in [6, 6.07) is 0. The van der Waals surface area contributed by atoms with Crippen molar-refractivity contribution in [2.45, 2.75) is 58.3 Å². The fraction of sp³-hybridized carbons (Fsp3) is 0.556. The van der Waals surface area contributed by atoms with Gasteiger partial charge in [-0.05, 0) is 0 Å². The van der Waals surface area contributed by atoms with Gasteiger partial charge >= 0.3 is 29.6 Å². The molecule has 5 atom stereocenters. The minimum absolute atomic E-state index is 0.502. The monoisotopic (exact) mass is 460 g/mol. The van der Waals surface area contributed by atoms with E-state index in [-0.39, 0.29) is 0 Å². The number of rotatable bonds is 6. The van der Waals surface area contributed by atoms with Crippen LogP contribution in [0.15, 0.2) is 15.8 Å². The van der Waals surface area contributed by atoms with E-state index >= 15 is 0 Å². The number of H-pyrrole nitrogens is 1. The molecular weight excluding hydrogens is 439 g/mol. The van der Waals surface area contributed by atoms with Crippen LogP contribution in [0.4, 0.5) is 4.39 Å². The molecule has 1 N–H and O–H groups in total. The quantitative estimate of drug-likeness (QED) is 0.405. The van der Waals surface area contributed by atoms with Crippen LogP contribution in [0.3, 0.4) is 0 Å². The number of halogens is 1. The zero-order valence-corrected chi connectivity index (χ0v) is 17.5. The molecule has 32 heavy (non-hydrogen) atoms. The molecule has 0 spiro atoms. The van der Waals surface area contributed by atoms with Crippen LogP contribution in [0, 0.1) is 5.82 Å². The zero-order valence-electron chi connectivity index (χ0n) is 17.5. The van der Waals surface area contributed by atoms with Crippen LogP contribution in [0.2, 0.25) is 0 Å². The molecule has 0 amide bonds. The summed E-state index contributed by atoms with van der Waals surface area (Å²) >= 11 is 0. The third-order valence-corrected chi connectivity index (χ3v) is 4.16. The summed E-state index contributed by atoms with van der Waals surface area (Å²) in [5, 5.41) is 0. The van der Waals surface area contributed by atoms with E-state index in [4.69, 9.17) is 23.7 Å². The van der Waals surface area contributed by atoms with Crippen LogP contribution < -0.4 is 11.2 Å². The number of nitrogens with one attached hydrogen (secondary N) is 1. The zero-order chi connectivity index (χ0) is 24.2. The van der Waals surface area contributed by atoms with Crippen LogP contribution in [0.25, 0.3) is 0 Å². The third kappa shape index (κ3) is 6.00. The first kappa shape index (κ1) is 24.7. The first-order valence-corrected chi connectivity index (χ1v) is 9.22. The van der Waals surface area contributed by atoms with Crippen LogP contribution in [-0.2, 0) is 42.9 Å². The molecule has 0 aliphatic carbocycles. The minimum Gasteiger partial charge on any atom is -0.463 e. The topological polar surface area (TPSA) is 169 Å². The number of esters is 4. The van der Waals surface area contributed by atoms with Crippen molar-refractivity contribution < 1.29 is 47.3 Å². The van der Waals surface area contributed by atoms with Crippen molar-refractivity contribution in [1.82, 2.24) is 9.55 Å². The van der Waals surface area contributed by atoms with Gasteiger partial charge < -0.3 is 23.7 Å². The Morgan fingerprint density at radius 1 is 0.938 bits per heavy atom. The Bertz CT molecular complexity index is 1020. The molecule has 14 heteroatoms. The molecule has 13 nitrogen and oxygen atoms in total. The first-order valence-electron chi connectivity index (χ1n) is 9.22. The van der Waals surface area contributed by atoms with E-state index in [1.165, 1.54) is 0 Å². The van der Waals surface area contributed by atoms with Gasteiger partial charge in [0.2, 0.25) is 5.82 Å². The van der Waals surface area contributed by atoms with Gasteiger partial charge in [0.05, 0.1) is 6.20 Å². The molecular formula is C18H21FN2O11. The number of hydrogen-bond acceptors (Lipinski definition) is 11. The average Bonchev–Trinajstić information content (AvgIpc) is 2.65. The molecule has 1 aliphatic heterocycles. The first-order chi connectivity index (χ1) is 14.9. The summed E-state index contributed by atoms with van der Waals surface area (Å²) in [5.41, 5.74) is -2.45. The Morgan fingerprint density at radius 3 is 2.00 bits per heavy atom. The lowest BCUT2D eigenvalue weighted by molar-refractivity contribution is -0.269. The number of ether oxygens (including phenoxy) is 5. The Kier molecular flexibility index (Phi) is 7.86. The summed E-state index contributed by atoms with van der Waals surface area (Å²) in [6.45, 7) is 3.63. The van der Waals surface area contributed by atoms with Gasteiger partial charge in [-0.25, -0.2) is 4.79 Å². The predicted octanol–water partition coefficient (Wildman–Crippen LogP) is -1.07. The van der Waals surface area contributed by atoms with Gasteiger partial charge in [0.25, 0.3) is 5.56 Å². The Balaban J connectivity index is 2.65. The van der Waals surface area contributed by atoms with E-state index in [0.717, 1.165) is 27.7 Å². The molecule has 1 aliphatic rings. The molecule has 0 saturated carbocycles. The Labute approximate surface area is 179 Å². The van der Waals surface area contributed by atoms with Gasteiger partial charge in [-0.15, -0.1) is 0 Å². The molecule has 1 fully saturated rings. The highest BCUT2D eigenvalue weighted by Gasteiger charge is 2.53. The summed E-state index contributed by atoms with van der Waals surface area (Å²) in [5.74, 6) is -4.71. The van der Waals surface area contributed by atoms with Gasteiger partial charge in [0.15, 0.2) is 24.5 Å². The molecule has 2 heterocycles. The van der Waals surface area contributed by atoms with Crippen molar-refractivity contribution in [1.29, 1.82) is 0 Å². The largest absolute Gasteiger partial charge is 0.463 e. The second kappa shape index (κ2) is 10.2. The number of hydrogen-bond donors (Lipinski definition) is 1. The Morgan fingerprint density at radius 2 is 1.47 bits per heavy atom. The molecule has 1 aromatic heterocycles. The lowest BCUT2D eigenvalue weighted by atomic mass is 9.97. The van der Waals surface area contributed by atoms with Gasteiger partial charge in [-0.3, -0.25) is 33.5 Å². The maximum Gasteiger partial charge on any atom is 0.330 e. The van der Waals surface area contributed by atoms with Gasteiger partial charge in [-0.2, -0.15) is 4.39 Å². The van der Waals surface area contributed by atoms with Gasteiger partial charge in [0.1, 0.15) is 12.7 Å². The second-order valence-electron chi connectivity index (χ2n) is 6.73. The fourth-order valence-corrected chi connectivity index (χ4v) is 3.08. The molecule has 0 radical (unpaired) electrons. The highest BCUT2D eigenvalue weighted by atomic mass is 19.1. The third-order valence-electron chi connectivity index (χ3n) is 4.16. The van der Waals surface area contributed by atoms with E-state index < -0.39 is 78.2 Å². The highest BCUT2D eigenvalue weighted by molar-refractivity contribution is 5.68. The second-order valence-corrected chi connectivity index (χ2v) is 6.73. The van der Waals surface area contributed by atoms with Crippen LogP contribution in [0.5, 0.6) is 0 Å². The fourth-order valence-electron chi connectivity index (χ4n) is 3.08. The molecule has 176 valence electrons. The molecule has 0 bridgehead atoms. The predicted molar refractivity (Wildman–Crippen MR) is 98.5 cm³/mol. The van der Waals surface area contributed by atoms with Crippen LogP contribution in [0.1, 0.15) is 33.9 Å². The summed E-state index contributed by atoms with van der Waals surface area (Å²) in [4.78, 5) is 71.9. The number of aromatic nitrogens is 2. The normalized spacial score (nSPS) is 24.8. The number of carbonyl (C=O) groups excluding carboxylic acids is 4. The summed E-state index contributed by atoms with van der Waals surface area (Å²) < 4.78 is 40.6. The van der Waals surface area contributed by atoms with Crippen molar-refractivity contribution in [3.63, 3.8) is 0 Å². The van der Waals surface area contributed by atoms with Crippen LogP contribution >= 0.6 is 0 Å². The van der Waals surface area contributed by atoms with Crippen LogP contribution in [-0.4, -0.2) is 64.5 Å². The lowest BCUT2D eigenvalue weighted by Gasteiger charge is -2.44. The van der Waals surface area contributed by atoms with E-state index in [1.807, 2.05) is 0 Å². The van der Waals surface area contributed by atoms with Crippen molar-refractivity contribution in [3.8, 4) is 0 Å². The van der Waals surface area contributed by atoms with E-state index in [0.29, 0.717) is 10.8 Å². The summed E-state index contributed by atoms with van der Waals surface area (Å²) in [7, 11) is 0. The Hall–Kier alpha value is -3.55. The number of carbonyl (C=O) groups is 4. The molecule has 0 aromatic carbocycles. The van der Waals surface area contributed by atoms with Gasteiger partial charge in [0, 0.05) is 27.7 Å². The van der Waals surface area contributed by atoms with Gasteiger partial charge in [-0.1, -0.05) is 0 Å². The lowest BCUT2D eigenvalue weighted by Crippen LogP contribution is -2.61. The minimum atomic E-state index is -1.67. The number of nitrogens with zero attached hydrogens (tertiary/aromatic N) is 1. The molecule has 2 rings (SSSR count). The van der Waals surface area contributed by atoms with E-state index in [1.54, 1.807) is 4.98 Å². The van der Waals surface area contributed by atoms with Crippen molar-refractivity contribution in [2.24, 2.45) is 0 Å². The highest BCUT2D eigenvalue weighted by Crippen LogP contribution is 2.34. The maximum absolute atomic E-state index is 13.9. The van der Waals surface area contributed by atoms with E-state index in [2.05, 4.69) is 0 Å². The smallest absolute Gasteiger partial charge is 0.330 e. The number of aromatic amines is 1. The van der Waals surface area contributed by atoms with Crippen molar-refractivity contribution in [2.75, 3.05) is 6.61 Å². The SMILES string of the molecule is CC(=O)OCC1OC(n2cc(F)c(=O)[nH]c2=O)C(OC(C)=O)C(OC(C)=O)C1OC(C)=O. The molecule has 1 aromatic rings. The average molecular weight is 460 g/mol. The van der Waals surface area contributed by atoms with E-state index in [9.17, 15) is 33.2 Å². The molecule has 1 saturated heterocycles. The van der Waals surface area contributed by atoms with Crippen molar-refractivity contribution in [3.05, 3.63) is 32.9 Å². The van der Waals surface area contributed by atoms with Crippen molar-refractivity contribution >= 4 is 23.9 Å². The standard InChI is InChI=1S/C18H21FN2O11/c1-7(22)28-6-12-13(29-8(2)23)14(30-9(3)24)15(31-10(4)25)17(32-12)21-5-11(19)16(26)20-18(21)27/h5,12-15,17H,6H2,1-4H3,(H,20,26,27). The maximum atomic E-state index is 13.9.